The zero-order valence-corrected chi connectivity index (χ0v) is 7.55. The number of hydrogen-bond acceptors (Lipinski definition) is 2. The quantitative estimate of drug-likeness (QED) is 0.729. The van der Waals surface area contributed by atoms with E-state index in [1.54, 1.807) is 0 Å². The number of nitrogens with two attached hydrogens (primary N) is 1. The van der Waals surface area contributed by atoms with Crippen LogP contribution in [0, 0.1) is 0 Å². The minimum Gasteiger partial charge on any atom is -0.384 e. The van der Waals surface area contributed by atoms with Gasteiger partial charge in [0.15, 0.2) is 0 Å². The van der Waals surface area contributed by atoms with E-state index in [-0.39, 0.29) is 5.82 Å². The molecule has 78 valence electrons. The minimum atomic E-state index is -4.33. The fourth-order valence-electron chi connectivity index (χ4n) is 1.33. The molecule has 0 aliphatic rings. The maximum atomic E-state index is 12.4. The third-order valence-electron chi connectivity index (χ3n) is 2.07. The van der Waals surface area contributed by atoms with Crippen molar-refractivity contribution < 1.29 is 13.2 Å². The van der Waals surface area contributed by atoms with Crippen LogP contribution in [0.4, 0.5) is 19.0 Å². The molecule has 0 bridgehead atoms. The minimum absolute atomic E-state index is 0.210. The number of nitrogens with zero attached hydrogens (tertiary/aromatic N) is 1. The Kier molecular flexibility index (Phi) is 2.03. The second kappa shape index (κ2) is 3.12. The molecule has 1 heterocycles. The van der Waals surface area contributed by atoms with E-state index in [0.717, 1.165) is 12.1 Å². The lowest BCUT2D eigenvalue weighted by molar-refractivity contribution is -0.137. The average molecular weight is 212 g/mol. The SMILES string of the molecule is Nc1cc2cc(C(F)(F)F)ccc2cn1. The Labute approximate surface area is 83.5 Å². The zero-order chi connectivity index (χ0) is 11.1. The van der Waals surface area contributed by atoms with Gasteiger partial charge < -0.3 is 5.73 Å². The number of halogens is 3. The number of alkyl halides is 3. The second-order valence-corrected chi connectivity index (χ2v) is 3.17. The number of hydrogen-bond donors (Lipinski definition) is 1. The molecule has 0 amide bonds. The fraction of sp³-hybridized carbons (Fsp3) is 0.100. The van der Waals surface area contributed by atoms with Gasteiger partial charge in [0.25, 0.3) is 0 Å². The third kappa shape index (κ3) is 1.86. The highest BCUT2D eigenvalue weighted by atomic mass is 19.4. The molecule has 2 nitrogen and oxygen atoms in total. The van der Waals surface area contributed by atoms with Gasteiger partial charge in [-0.1, -0.05) is 6.07 Å². The Bertz CT molecular complexity index is 505. The van der Waals surface area contributed by atoms with Gasteiger partial charge in [0.2, 0.25) is 0 Å². The first-order chi connectivity index (χ1) is 6.97. The van der Waals surface area contributed by atoms with Gasteiger partial charge in [-0.25, -0.2) is 4.98 Å². The lowest BCUT2D eigenvalue weighted by Crippen LogP contribution is -2.04. The van der Waals surface area contributed by atoms with Gasteiger partial charge in [0, 0.05) is 11.6 Å². The van der Waals surface area contributed by atoms with Gasteiger partial charge in [-0.15, -0.1) is 0 Å². The number of aromatic nitrogens is 1. The van der Waals surface area contributed by atoms with E-state index in [1.165, 1.54) is 18.3 Å². The lowest BCUT2D eigenvalue weighted by atomic mass is 10.1. The highest BCUT2D eigenvalue weighted by Gasteiger charge is 2.30. The molecule has 0 aliphatic carbocycles. The summed E-state index contributed by atoms with van der Waals surface area (Å²) in [6.07, 6.45) is -2.88. The van der Waals surface area contributed by atoms with E-state index in [9.17, 15) is 13.2 Å². The Morgan fingerprint density at radius 3 is 2.47 bits per heavy atom. The molecule has 5 heteroatoms. The van der Waals surface area contributed by atoms with Crippen LogP contribution in [0.2, 0.25) is 0 Å². The van der Waals surface area contributed by atoms with Gasteiger partial charge in [-0.3, -0.25) is 0 Å². The van der Waals surface area contributed by atoms with Gasteiger partial charge in [-0.05, 0) is 23.6 Å². The summed E-state index contributed by atoms with van der Waals surface area (Å²) in [5, 5.41) is 1.08. The maximum absolute atomic E-state index is 12.4. The summed E-state index contributed by atoms with van der Waals surface area (Å²) < 4.78 is 37.1. The van der Waals surface area contributed by atoms with Crippen molar-refractivity contribution in [3.8, 4) is 0 Å². The fourth-order valence-corrected chi connectivity index (χ4v) is 1.33. The molecule has 1 aromatic heterocycles. The first kappa shape index (κ1) is 9.76. The first-order valence-electron chi connectivity index (χ1n) is 4.19. The second-order valence-electron chi connectivity index (χ2n) is 3.17. The van der Waals surface area contributed by atoms with E-state index in [4.69, 9.17) is 5.73 Å². The van der Waals surface area contributed by atoms with E-state index in [0.29, 0.717) is 10.8 Å². The molecule has 2 N–H and O–H groups in total. The highest BCUT2D eigenvalue weighted by molar-refractivity contribution is 5.84. The van der Waals surface area contributed by atoms with Crippen LogP contribution in [0.3, 0.4) is 0 Å². The molecule has 0 aliphatic heterocycles. The van der Waals surface area contributed by atoms with Gasteiger partial charge in [0.1, 0.15) is 5.82 Å². The van der Waals surface area contributed by atoms with Crippen LogP contribution in [-0.2, 0) is 6.18 Å². The van der Waals surface area contributed by atoms with Crippen molar-refractivity contribution in [2.24, 2.45) is 0 Å². The van der Waals surface area contributed by atoms with E-state index < -0.39 is 11.7 Å². The topological polar surface area (TPSA) is 38.9 Å². The molecule has 0 fully saturated rings. The van der Waals surface area contributed by atoms with E-state index >= 15 is 0 Å². The molecule has 1 aromatic carbocycles. The molecule has 0 unspecified atom stereocenters. The smallest absolute Gasteiger partial charge is 0.384 e. The van der Waals surface area contributed by atoms with Crippen molar-refractivity contribution in [3.05, 3.63) is 36.0 Å². The van der Waals surface area contributed by atoms with E-state index in [2.05, 4.69) is 4.98 Å². The molecular formula is C10H7F3N2. The first-order valence-corrected chi connectivity index (χ1v) is 4.19. The number of pyridine rings is 1. The number of benzene rings is 1. The normalized spacial score (nSPS) is 11.9. The third-order valence-corrected chi connectivity index (χ3v) is 2.07. The van der Waals surface area contributed by atoms with Crippen LogP contribution in [0.15, 0.2) is 30.5 Å². The summed E-state index contributed by atoms with van der Waals surface area (Å²) in [7, 11) is 0. The molecule has 0 spiro atoms. The van der Waals surface area contributed by atoms with Crippen molar-refractivity contribution in [3.63, 3.8) is 0 Å². The Balaban J connectivity index is 2.64. The number of nitrogen functional groups attached to an aromatic ring is 1. The Morgan fingerprint density at radius 2 is 1.80 bits per heavy atom. The summed E-state index contributed by atoms with van der Waals surface area (Å²) >= 11 is 0. The van der Waals surface area contributed by atoms with Crippen molar-refractivity contribution >= 4 is 16.6 Å². The van der Waals surface area contributed by atoms with Crippen molar-refractivity contribution in [2.75, 3.05) is 5.73 Å². The summed E-state index contributed by atoms with van der Waals surface area (Å²) in [6, 6.07) is 4.89. The predicted molar refractivity (Wildman–Crippen MR) is 51.2 cm³/mol. The average Bonchev–Trinajstić information content (AvgIpc) is 2.15. The standard InChI is InChI=1S/C10H7F3N2/c11-10(12,13)8-2-1-6-5-15-9(14)4-7(6)3-8/h1-5H,(H2,14,15). The van der Waals surface area contributed by atoms with Gasteiger partial charge in [-0.2, -0.15) is 13.2 Å². The largest absolute Gasteiger partial charge is 0.416 e. The monoisotopic (exact) mass is 212 g/mol. The summed E-state index contributed by atoms with van der Waals surface area (Å²) in [5.74, 6) is 0.210. The molecule has 0 saturated carbocycles. The van der Waals surface area contributed by atoms with Crippen LogP contribution in [-0.4, -0.2) is 4.98 Å². The molecule has 2 rings (SSSR count). The number of rotatable bonds is 0. The van der Waals surface area contributed by atoms with Crippen molar-refractivity contribution in [1.82, 2.24) is 4.98 Å². The summed E-state index contributed by atoms with van der Waals surface area (Å²) in [6.45, 7) is 0. The lowest BCUT2D eigenvalue weighted by Gasteiger charge is -2.07. The van der Waals surface area contributed by atoms with Crippen LogP contribution in [0.25, 0.3) is 10.8 Å². The molecule has 0 saturated heterocycles. The number of fused-ring (bicyclic) bond motifs is 1. The Morgan fingerprint density at radius 1 is 1.07 bits per heavy atom. The number of anilines is 1. The molecular weight excluding hydrogens is 205 g/mol. The molecule has 2 aromatic rings. The highest BCUT2D eigenvalue weighted by Crippen LogP contribution is 2.31. The van der Waals surface area contributed by atoms with Crippen LogP contribution in [0.1, 0.15) is 5.56 Å². The van der Waals surface area contributed by atoms with E-state index in [1.807, 2.05) is 0 Å². The maximum Gasteiger partial charge on any atom is 0.416 e. The summed E-state index contributed by atoms with van der Waals surface area (Å²) in [5.41, 5.74) is 4.71. The zero-order valence-electron chi connectivity index (χ0n) is 7.55. The van der Waals surface area contributed by atoms with Gasteiger partial charge in [0.05, 0.1) is 5.56 Å². The van der Waals surface area contributed by atoms with Crippen LogP contribution < -0.4 is 5.73 Å². The molecule has 15 heavy (non-hydrogen) atoms. The van der Waals surface area contributed by atoms with Crippen LogP contribution >= 0.6 is 0 Å². The Hall–Kier alpha value is -1.78. The van der Waals surface area contributed by atoms with Gasteiger partial charge >= 0.3 is 6.18 Å². The van der Waals surface area contributed by atoms with Crippen molar-refractivity contribution in [2.45, 2.75) is 6.18 Å². The summed E-state index contributed by atoms with van der Waals surface area (Å²) in [4.78, 5) is 3.80. The molecule has 0 radical (unpaired) electrons. The van der Waals surface area contributed by atoms with Crippen LogP contribution in [0.5, 0.6) is 0 Å². The molecule has 0 atom stereocenters. The predicted octanol–water partition coefficient (Wildman–Crippen LogP) is 2.84. The van der Waals surface area contributed by atoms with Crippen molar-refractivity contribution in [1.29, 1.82) is 0 Å².